The number of benzene rings is 2. The molecule has 4 heterocycles. The summed E-state index contributed by atoms with van der Waals surface area (Å²) in [5.41, 5.74) is 6.93. The van der Waals surface area contributed by atoms with Crippen LogP contribution in [0, 0.1) is 17.8 Å². The van der Waals surface area contributed by atoms with Gasteiger partial charge in [-0.1, -0.05) is 29.8 Å². The van der Waals surface area contributed by atoms with Crippen molar-refractivity contribution >= 4 is 11.4 Å². The van der Waals surface area contributed by atoms with Crippen molar-refractivity contribution in [3.8, 4) is 0 Å². The van der Waals surface area contributed by atoms with Gasteiger partial charge in [-0.3, -0.25) is 0 Å². The molecule has 4 fully saturated rings. The average molecular weight is 501 g/mol. The van der Waals surface area contributed by atoms with Crippen LogP contribution in [-0.2, 0) is 6.42 Å². The fourth-order valence-electron chi connectivity index (χ4n) is 7.60. The molecule has 0 aromatic heterocycles. The Kier molecular flexibility index (Phi) is 7.49. The van der Waals surface area contributed by atoms with Gasteiger partial charge in [0.15, 0.2) is 0 Å². The zero-order valence-electron chi connectivity index (χ0n) is 23.2. The van der Waals surface area contributed by atoms with Crippen molar-refractivity contribution in [3.63, 3.8) is 0 Å². The van der Waals surface area contributed by atoms with Crippen LogP contribution in [0.2, 0.25) is 0 Å². The molecule has 200 valence electrons. The van der Waals surface area contributed by atoms with E-state index in [0.717, 1.165) is 0 Å². The van der Waals surface area contributed by atoms with Gasteiger partial charge in [0.2, 0.25) is 0 Å². The summed E-state index contributed by atoms with van der Waals surface area (Å²) < 4.78 is 0. The van der Waals surface area contributed by atoms with E-state index in [4.69, 9.17) is 0 Å². The summed E-state index contributed by atoms with van der Waals surface area (Å²) in [5, 5.41) is 3.55. The maximum Gasteiger partial charge on any atom is 0.0366 e. The predicted molar refractivity (Wildman–Crippen MR) is 157 cm³/mol. The Hall–Kier alpha value is -2.04. The number of likely N-dealkylation sites (tertiary alicyclic amines) is 1. The monoisotopic (exact) mass is 500 g/mol. The van der Waals surface area contributed by atoms with Gasteiger partial charge in [-0.25, -0.2) is 0 Å². The van der Waals surface area contributed by atoms with E-state index in [9.17, 15) is 0 Å². The summed E-state index contributed by atoms with van der Waals surface area (Å²) in [6.07, 6.45) is 12.2. The van der Waals surface area contributed by atoms with Crippen LogP contribution in [-0.4, -0.2) is 63.8 Å². The van der Waals surface area contributed by atoms with Crippen LogP contribution in [0.1, 0.15) is 62.5 Å². The highest BCUT2D eigenvalue weighted by atomic mass is 15.2. The minimum Gasteiger partial charge on any atom is -0.371 e. The van der Waals surface area contributed by atoms with Crippen LogP contribution in [0.15, 0.2) is 48.5 Å². The van der Waals surface area contributed by atoms with Gasteiger partial charge in [0, 0.05) is 44.1 Å². The van der Waals surface area contributed by atoms with Crippen molar-refractivity contribution < 1.29 is 0 Å². The molecule has 0 saturated carbocycles. The normalized spacial score (nSPS) is 24.0. The molecule has 0 amide bonds. The molecule has 2 spiro atoms. The van der Waals surface area contributed by atoms with Crippen LogP contribution in [0.25, 0.3) is 0 Å². The molecule has 2 aromatic rings. The van der Waals surface area contributed by atoms with Crippen LogP contribution in [0.3, 0.4) is 0 Å². The number of hydrogen-bond donors (Lipinski definition) is 1. The highest BCUT2D eigenvalue weighted by Gasteiger charge is 2.38. The van der Waals surface area contributed by atoms with E-state index in [2.05, 4.69) is 75.5 Å². The van der Waals surface area contributed by atoms with Crippen LogP contribution < -0.4 is 15.1 Å². The SMILES string of the molecule is Cc1ccc(N2CCC3(CCN(CCc4ccc(N5CCC6(CCNCC6)CC5)cc4)CC3)CC2)cc1. The number of anilines is 2. The molecule has 0 radical (unpaired) electrons. The second-order valence-electron chi connectivity index (χ2n) is 12.8. The molecule has 4 aliphatic heterocycles. The molecule has 2 aromatic carbocycles. The average Bonchev–Trinajstić information content (AvgIpc) is 2.95. The first-order valence-corrected chi connectivity index (χ1v) is 15.2. The van der Waals surface area contributed by atoms with E-state index < -0.39 is 0 Å². The molecule has 4 saturated heterocycles. The van der Waals surface area contributed by atoms with Gasteiger partial charge in [0.25, 0.3) is 0 Å². The third kappa shape index (κ3) is 5.86. The summed E-state index contributed by atoms with van der Waals surface area (Å²) in [4.78, 5) is 7.97. The third-order valence-electron chi connectivity index (χ3n) is 10.6. The van der Waals surface area contributed by atoms with E-state index >= 15 is 0 Å². The van der Waals surface area contributed by atoms with E-state index in [-0.39, 0.29) is 0 Å². The van der Waals surface area contributed by atoms with Gasteiger partial charge in [-0.05, 0) is 132 Å². The van der Waals surface area contributed by atoms with E-state index in [1.165, 1.54) is 139 Å². The number of piperidine rings is 4. The van der Waals surface area contributed by atoms with E-state index in [0.29, 0.717) is 10.8 Å². The Labute approximate surface area is 225 Å². The molecule has 0 atom stereocenters. The molecule has 37 heavy (non-hydrogen) atoms. The number of nitrogens with one attached hydrogen (secondary N) is 1. The zero-order valence-corrected chi connectivity index (χ0v) is 23.2. The number of nitrogens with zero attached hydrogens (tertiary/aromatic N) is 3. The molecule has 0 bridgehead atoms. The Bertz CT molecular complexity index is 980. The Morgan fingerprint density at radius 3 is 1.59 bits per heavy atom. The Morgan fingerprint density at radius 1 is 0.595 bits per heavy atom. The summed E-state index contributed by atoms with van der Waals surface area (Å²) in [7, 11) is 0. The maximum absolute atomic E-state index is 3.55. The number of aryl methyl sites for hydroxylation is 1. The quantitative estimate of drug-likeness (QED) is 0.553. The highest BCUT2D eigenvalue weighted by Crippen LogP contribution is 2.42. The fourth-order valence-corrected chi connectivity index (χ4v) is 7.60. The van der Waals surface area contributed by atoms with Gasteiger partial charge >= 0.3 is 0 Å². The molecule has 1 N–H and O–H groups in total. The van der Waals surface area contributed by atoms with Crippen LogP contribution in [0.4, 0.5) is 11.4 Å². The van der Waals surface area contributed by atoms with Crippen molar-refractivity contribution in [2.45, 2.75) is 64.7 Å². The lowest BCUT2D eigenvalue weighted by Crippen LogP contribution is -2.47. The van der Waals surface area contributed by atoms with E-state index in [1.54, 1.807) is 0 Å². The van der Waals surface area contributed by atoms with Crippen LogP contribution in [0.5, 0.6) is 0 Å². The van der Waals surface area contributed by atoms with Crippen molar-refractivity contribution in [1.29, 1.82) is 0 Å². The molecule has 4 heteroatoms. The Balaban J connectivity index is 0.928. The Morgan fingerprint density at radius 2 is 1.05 bits per heavy atom. The lowest BCUT2D eigenvalue weighted by atomic mass is 9.71. The molecule has 6 rings (SSSR count). The molecule has 4 nitrogen and oxygen atoms in total. The minimum absolute atomic E-state index is 0.598. The topological polar surface area (TPSA) is 21.8 Å². The van der Waals surface area contributed by atoms with Crippen LogP contribution >= 0.6 is 0 Å². The number of rotatable bonds is 5. The summed E-state index contributed by atoms with van der Waals surface area (Å²) in [5.74, 6) is 0. The molecule has 4 aliphatic rings. The maximum atomic E-state index is 3.55. The van der Waals surface area contributed by atoms with Crippen molar-refractivity contribution in [3.05, 3.63) is 59.7 Å². The standard InChI is InChI=1S/C33H48N4/c1-28-2-6-30(7-3-28)36-26-17-33(18-27-36)13-22-35(23-14-33)21-10-29-4-8-31(9-5-29)37-24-15-32(16-25-37)11-19-34-20-12-32/h2-9,34H,10-27H2,1H3. The van der Waals surface area contributed by atoms with Gasteiger partial charge in [0.1, 0.15) is 0 Å². The largest absolute Gasteiger partial charge is 0.371 e. The second kappa shape index (κ2) is 11.0. The molecular formula is C33H48N4. The first-order valence-electron chi connectivity index (χ1n) is 15.2. The third-order valence-corrected chi connectivity index (χ3v) is 10.6. The molecule has 0 unspecified atom stereocenters. The van der Waals surface area contributed by atoms with E-state index in [1.807, 2.05) is 0 Å². The molecular weight excluding hydrogens is 452 g/mol. The van der Waals surface area contributed by atoms with Gasteiger partial charge in [-0.15, -0.1) is 0 Å². The number of hydrogen-bond acceptors (Lipinski definition) is 4. The zero-order chi connectivity index (χ0) is 25.1. The second-order valence-corrected chi connectivity index (χ2v) is 12.8. The summed E-state index contributed by atoms with van der Waals surface area (Å²) >= 11 is 0. The summed E-state index contributed by atoms with van der Waals surface area (Å²) in [6, 6.07) is 18.7. The minimum atomic E-state index is 0.598. The van der Waals surface area contributed by atoms with Crippen molar-refractivity contribution in [1.82, 2.24) is 10.2 Å². The van der Waals surface area contributed by atoms with Gasteiger partial charge < -0.3 is 20.0 Å². The first kappa shape index (κ1) is 25.2. The predicted octanol–water partition coefficient (Wildman–Crippen LogP) is 5.89. The fraction of sp³-hybridized carbons (Fsp3) is 0.636. The van der Waals surface area contributed by atoms with Crippen molar-refractivity contribution in [2.75, 3.05) is 68.7 Å². The molecule has 0 aliphatic carbocycles. The van der Waals surface area contributed by atoms with Gasteiger partial charge in [0.05, 0.1) is 0 Å². The van der Waals surface area contributed by atoms with Crippen molar-refractivity contribution in [2.24, 2.45) is 10.8 Å². The highest BCUT2D eigenvalue weighted by molar-refractivity contribution is 5.49. The summed E-state index contributed by atoms with van der Waals surface area (Å²) in [6.45, 7) is 13.3. The lowest BCUT2D eigenvalue weighted by molar-refractivity contribution is 0.0806. The first-order chi connectivity index (χ1) is 18.1. The smallest absolute Gasteiger partial charge is 0.0366 e. The van der Waals surface area contributed by atoms with Gasteiger partial charge in [-0.2, -0.15) is 0 Å². The lowest BCUT2D eigenvalue weighted by Gasteiger charge is -2.47.